The van der Waals surface area contributed by atoms with E-state index in [1.54, 1.807) is 4.90 Å². The molecule has 3 aromatic carbocycles. The first-order valence-corrected chi connectivity index (χ1v) is 10.6. The van der Waals surface area contributed by atoms with E-state index in [1.165, 1.54) is 0 Å². The first-order valence-electron chi connectivity index (χ1n) is 10.6. The number of piperidine rings is 1. The minimum Gasteiger partial charge on any atom is -0.489 e. The number of hydrogen-bond acceptors (Lipinski definition) is 4. The van der Waals surface area contributed by atoms with Crippen molar-refractivity contribution in [2.45, 2.75) is 38.2 Å². The van der Waals surface area contributed by atoms with Crippen molar-refractivity contribution < 1.29 is 19.4 Å². The summed E-state index contributed by atoms with van der Waals surface area (Å²) in [5, 5.41) is 10.7. The highest BCUT2D eigenvalue weighted by Gasteiger charge is 2.35. The molecule has 3 aromatic rings. The molecule has 1 heterocycles. The summed E-state index contributed by atoms with van der Waals surface area (Å²) in [6.45, 7) is 1.26. The Morgan fingerprint density at radius 1 is 0.871 bits per heavy atom. The number of carbonyl (C=O) groups is 1. The summed E-state index contributed by atoms with van der Waals surface area (Å²) in [6, 6.07) is 26.7. The smallest absolute Gasteiger partial charge is 0.410 e. The molecule has 0 aliphatic carbocycles. The van der Waals surface area contributed by atoms with Crippen LogP contribution in [-0.2, 0) is 18.0 Å². The van der Waals surface area contributed by atoms with Crippen molar-refractivity contribution in [3.8, 4) is 5.75 Å². The maximum atomic E-state index is 12.8. The first-order chi connectivity index (χ1) is 15.2. The number of nitrogens with zero attached hydrogens (tertiary/aromatic N) is 1. The molecule has 0 radical (unpaired) electrons. The minimum absolute atomic E-state index is 0.214. The molecule has 0 spiro atoms. The van der Waals surface area contributed by atoms with Gasteiger partial charge in [0.25, 0.3) is 0 Å². The molecular formula is C26H27NO4. The Balaban J connectivity index is 1.41. The number of aliphatic hydroxyl groups excluding tert-OH is 1. The number of ether oxygens (including phenoxy) is 2. The van der Waals surface area contributed by atoms with Gasteiger partial charge in [-0.1, -0.05) is 72.8 Å². The van der Waals surface area contributed by atoms with Crippen LogP contribution in [-0.4, -0.2) is 28.7 Å². The summed E-state index contributed by atoms with van der Waals surface area (Å²) in [6.07, 6.45) is 0.363. The van der Waals surface area contributed by atoms with Gasteiger partial charge in [0, 0.05) is 6.54 Å². The molecule has 0 aromatic heterocycles. The zero-order valence-corrected chi connectivity index (χ0v) is 17.4. The lowest BCUT2D eigenvalue weighted by Crippen LogP contribution is -2.45. The third-order valence-corrected chi connectivity index (χ3v) is 5.51. The molecular weight excluding hydrogens is 390 g/mol. The van der Waals surface area contributed by atoms with E-state index < -0.39 is 18.2 Å². The van der Waals surface area contributed by atoms with Crippen LogP contribution in [0.1, 0.15) is 35.6 Å². The van der Waals surface area contributed by atoms with E-state index in [-0.39, 0.29) is 6.61 Å². The highest BCUT2D eigenvalue weighted by molar-refractivity contribution is 5.68. The van der Waals surface area contributed by atoms with Crippen molar-refractivity contribution in [1.82, 2.24) is 4.90 Å². The van der Waals surface area contributed by atoms with E-state index in [1.807, 2.05) is 84.9 Å². The molecule has 2 atom stereocenters. The quantitative estimate of drug-likeness (QED) is 0.606. The number of aliphatic hydroxyl groups is 1. The molecule has 1 aliphatic rings. The second-order valence-corrected chi connectivity index (χ2v) is 7.73. The predicted molar refractivity (Wildman–Crippen MR) is 119 cm³/mol. The van der Waals surface area contributed by atoms with Crippen molar-refractivity contribution in [2.24, 2.45) is 0 Å². The standard InChI is InChI=1S/C26H27NO4/c28-24-12-7-17-27(26(29)31-19-21-10-5-2-6-11-21)25(24)22-13-15-23(16-14-22)30-18-20-8-3-1-4-9-20/h1-6,8-11,13-16,24-25,28H,7,12,17-19H2/t24-,25-/m0/s1. The fraction of sp³-hybridized carbons (Fsp3) is 0.269. The predicted octanol–water partition coefficient (Wildman–Crippen LogP) is 5.10. The molecule has 5 nitrogen and oxygen atoms in total. The summed E-state index contributed by atoms with van der Waals surface area (Å²) < 4.78 is 11.4. The lowest BCUT2D eigenvalue weighted by molar-refractivity contribution is 0.00234. The molecule has 0 bridgehead atoms. The van der Waals surface area contributed by atoms with Crippen molar-refractivity contribution in [3.05, 3.63) is 102 Å². The molecule has 1 saturated heterocycles. The van der Waals surface area contributed by atoms with Crippen LogP contribution < -0.4 is 4.74 Å². The van der Waals surface area contributed by atoms with Crippen molar-refractivity contribution in [1.29, 1.82) is 0 Å². The molecule has 1 aliphatic heterocycles. The fourth-order valence-corrected chi connectivity index (χ4v) is 3.89. The van der Waals surface area contributed by atoms with Gasteiger partial charge in [-0.25, -0.2) is 4.79 Å². The van der Waals surface area contributed by atoms with Gasteiger partial charge in [-0.3, -0.25) is 4.90 Å². The highest BCUT2D eigenvalue weighted by Crippen LogP contribution is 2.33. The second kappa shape index (κ2) is 10.1. The van der Waals surface area contributed by atoms with Crippen LogP contribution in [0, 0.1) is 0 Å². The highest BCUT2D eigenvalue weighted by atomic mass is 16.6. The van der Waals surface area contributed by atoms with Crippen LogP contribution in [0.3, 0.4) is 0 Å². The Morgan fingerprint density at radius 3 is 2.13 bits per heavy atom. The van der Waals surface area contributed by atoms with Crippen LogP contribution in [0.25, 0.3) is 0 Å². The average Bonchev–Trinajstić information content (AvgIpc) is 2.83. The van der Waals surface area contributed by atoms with Gasteiger partial charge in [0.2, 0.25) is 0 Å². The van der Waals surface area contributed by atoms with Crippen LogP contribution in [0.2, 0.25) is 0 Å². The maximum absolute atomic E-state index is 12.8. The van der Waals surface area contributed by atoms with Crippen LogP contribution in [0.4, 0.5) is 4.79 Å². The van der Waals surface area contributed by atoms with E-state index in [9.17, 15) is 9.90 Å². The number of amides is 1. The van der Waals surface area contributed by atoms with E-state index in [2.05, 4.69) is 0 Å². The van der Waals surface area contributed by atoms with Gasteiger partial charge in [0.1, 0.15) is 19.0 Å². The maximum Gasteiger partial charge on any atom is 0.410 e. The molecule has 160 valence electrons. The number of likely N-dealkylation sites (tertiary alicyclic amines) is 1. The molecule has 4 rings (SSSR count). The lowest BCUT2D eigenvalue weighted by atomic mass is 9.93. The Morgan fingerprint density at radius 2 is 1.48 bits per heavy atom. The monoisotopic (exact) mass is 417 g/mol. The summed E-state index contributed by atoms with van der Waals surface area (Å²) in [5.41, 5.74) is 2.91. The molecule has 5 heteroatoms. The Kier molecular flexibility index (Phi) is 6.85. The molecule has 1 fully saturated rings. The van der Waals surface area contributed by atoms with E-state index >= 15 is 0 Å². The Hall–Kier alpha value is -3.31. The summed E-state index contributed by atoms with van der Waals surface area (Å²) in [7, 11) is 0. The van der Waals surface area contributed by atoms with Gasteiger partial charge < -0.3 is 14.6 Å². The second-order valence-electron chi connectivity index (χ2n) is 7.73. The number of carbonyl (C=O) groups excluding carboxylic acids is 1. The largest absolute Gasteiger partial charge is 0.489 e. The van der Waals surface area contributed by atoms with Crippen molar-refractivity contribution in [2.75, 3.05) is 6.54 Å². The molecule has 0 unspecified atom stereocenters. The van der Waals surface area contributed by atoms with E-state index in [0.29, 0.717) is 19.6 Å². The molecule has 0 saturated carbocycles. The Bertz CT molecular complexity index is 960. The van der Waals surface area contributed by atoms with Crippen molar-refractivity contribution in [3.63, 3.8) is 0 Å². The summed E-state index contributed by atoms with van der Waals surface area (Å²) in [5.74, 6) is 0.746. The van der Waals surface area contributed by atoms with Crippen LogP contribution in [0.5, 0.6) is 5.75 Å². The van der Waals surface area contributed by atoms with Gasteiger partial charge in [0.15, 0.2) is 0 Å². The SMILES string of the molecule is O=C(OCc1ccccc1)N1CCC[C@H](O)[C@@H]1c1ccc(OCc2ccccc2)cc1. The van der Waals surface area contributed by atoms with Gasteiger partial charge in [-0.05, 0) is 41.7 Å². The third kappa shape index (κ3) is 5.44. The van der Waals surface area contributed by atoms with Crippen LogP contribution in [0.15, 0.2) is 84.9 Å². The summed E-state index contributed by atoms with van der Waals surface area (Å²) in [4.78, 5) is 14.4. The lowest BCUT2D eigenvalue weighted by Gasteiger charge is -2.38. The number of hydrogen-bond donors (Lipinski definition) is 1. The van der Waals surface area contributed by atoms with Crippen LogP contribution >= 0.6 is 0 Å². The zero-order valence-electron chi connectivity index (χ0n) is 17.4. The average molecular weight is 418 g/mol. The molecule has 31 heavy (non-hydrogen) atoms. The summed E-state index contributed by atoms with van der Waals surface area (Å²) >= 11 is 0. The normalized spacial score (nSPS) is 18.4. The fourth-order valence-electron chi connectivity index (χ4n) is 3.89. The first kappa shape index (κ1) is 20.9. The van der Waals surface area contributed by atoms with E-state index in [4.69, 9.17) is 9.47 Å². The third-order valence-electron chi connectivity index (χ3n) is 5.51. The minimum atomic E-state index is -0.630. The molecule has 1 N–H and O–H groups in total. The van der Waals surface area contributed by atoms with Gasteiger partial charge in [-0.15, -0.1) is 0 Å². The van der Waals surface area contributed by atoms with Crippen molar-refractivity contribution >= 4 is 6.09 Å². The van der Waals surface area contributed by atoms with E-state index in [0.717, 1.165) is 28.9 Å². The zero-order chi connectivity index (χ0) is 21.5. The van der Waals surface area contributed by atoms with Gasteiger partial charge >= 0.3 is 6.09 Å². The van der Waals surface area contributed by atoms with Gasteiger partial charge in [0.05, 0.1) is 12.1 Å². The topological polar surface area (TPSA) is 59.0 Å². The van der Waals surface area contributed by atoms with Gasteiger partial charge in [-0.2, -0.15) is 0 Å². The number of benzene rings is 3. The number of rotatable bonds is 6. The molecule has 1 amide bonds. The Labute approximate surface area is 182 Å².